The van der Waals surface area contributed by atoms with E-state index in [-0.39, 0.29) is 17.9 Å². The van der Waals surface area contributed by atoms with Gasteiger partial charge in [0.2, 0.25) is 0 Å². The highest BCUT2D eigenvalue weighted by molar-refractivity contribution is 5.49. The molecule has 1 aliphatic heterocycles. The van der Waals surface area contributed by atoms with Crippen molar-refractivity contribution < 1.29 is 26.3 Å². The van der Waals surface area contributed by atoms with E-state index in [9.17, 15) is 26.3 Å². The molecule has 1 aromatic heterocycles. The topological polar surface area (TPSA) is 28.2 Å². The van der Waals surface area contributed by atoms with Crippen LogP contribution in [0.15, 0.2) is 6.07 Å². The van der Waals surface area contributed by atoms with Crippen LogP contribution in [0.2, 0.25) is 0 Å². The number of alkyl halides is 6. The Hall–Kier alpha value is -1.51. The molecule has 9 heteroatoms. The fourth-order valence-corrected chi connectivity index (χ4v) is 2.19. The number of fused-ring (bicyclic) bond motifs is 1. The van der Waals surface area contributed by atoms with Crippen LogP contribution in [0, 0.1) is 0 Å². The molecule has 0 saturated carbocycles. The number of halogens is 6. The summed E-state index contributed by atoms with van der Waals surface area (Å²) in [5.74, 6) is -0.137. The molecule has 0 saturated heterocycles. The third kappa shape index (κ3) is 3.58. The first kappa shape index (κ1) is 15.9. The van der Waals surface area contributed by atoms with Gasteiger partial charge in [-0.2, -0.15) is 26.3 Å². The zero-order chi connectivity index (χ0) is 15.8. The zero-order valence-corrected chi connectivity index (χ0v) is 11.1. The third-order valence-electron chi connectivity index (χ3n) is 3.12. The Morgan fingerprint density at radius 1 is 1.14 bits per heavy atom. The second-order valence-corrected chi connectivity index (χ2v) is 4.91. The molecule has 1 aromatic rings. The molecular formula is C12H13F6N3. The summed E-state index contributed by atoms with van der Waals surface area (Å²) < 4.78 is 77.0. The van der Waals surface area contributed by atoms with Gasteiger partial charge < -0.3 is 10.2 Å². The highest BCUT2D eigenvalue weighted by Gasteiger charge is 2.45. The number of anilines is 1. The summed E-state index contributed by atoms with van der Waals surface area (Å²) in [5, 5.41) is 2.67. The Bertz CT molecular complexity index is 523. The maximum absolute atomic E-state index is 12.9. The van der Waals surface area contributed by atoms with Crippen molar-refractivity contribution in [2.75, 3.05) is 25.5 Å². The van der Waals surface area contributed by atoms with Crippen LogP contribution in [0.3, 0.4) is 0 Å². The summed E-state index contributed by atoms with van der Waals surface area (Å²) >= 11 is 0. The van der Waals surface area contributed by atoms with Crippen LogP contribution < -0.4 is 5.32 Å². The van der Waals surface area contributed by atoms with Gasteiger partial charge in [0.15, 0.2) is 5.69 Å². The summed E-state index contributed by atoms with van der Waals surface area (Å²) in [6.07, 6.45) is -9.59. The monoisotopic (exact) mass is 313 g/mol. The van der Waals surface area contributed by atoms with Crippen molar-refractivity contribution >= 4 is 5.82 Å². The van der Waals surface area contributed by atoms with Crippen molar-refractivity contribution in [3.63, 3.8) is 0 Å². The molecule has 0 spiro atoms. The first-order valence-corrected chi connectivity index (χ1v) is 6.20. The Kier molecular flexibility index (Phi) is 4.05. The van der Waals surface area contributed by atoms with E-state index >= 15 is 0 Å². The third-order valence-corrected chi connectivity index (χ3v) is 3.12. The summed E-state index contributed by atoms with van der Waals surface area (Å²) in [6.45, 7) is 1.10. The van der Waals surface area contributed by atoms with E-state index in [1.807, 2.05) is 0 Å². The standard InChI is InChI=1S/C12H13F6N3/c1-21-4-2-3-19-10-7(6-21)5-8(11(13,14)15)9(20-10)12(16,17)18/h5H,2-4,6H2,1H3,(H,19,20). The van der Waals surface area contributed by atoms with E-state index in [2.05, 4.69) is 10.3 Å². The molecule has 0 amide bonds. The van der Waals surface area contributed by atoms with Crippen LogP contribution in [0.25, 0.3) is 0 Å². The van der Waals surface area contributed by atoms with Crippen LogP contribution in [0.4, 0.5) is 32.2 Å². The number of hydrogen-bond acceptors (Lipinski definition) is 3. The van der Waals surface area contributed by atoms with Crippen molar-refractivity contribution in [1.82, 2.24) is 9.88 Å². The molecule has 0 unspecified atom stereocenters. The predicted molar refractivity (Wildman–Crippen MR) is 63.7 cm³/mol. The SMILES string of the molecule is CN1CCCNc2nc(C(F)(F)F)c(C(F)(F)F)cc2C1. The summed E-state index contributed by atoms with van der Waals surface area (Å²) in [6, 6.07) is 0.542. The van der Waals surface area contributed by atoms with Gasteiger partial charge in [-0.1, -0.05) is 0 Å². The second-order valence-electron chi connectivity index (χ2n) is 4.91. The number of hydrogen-bond donors (Lipinski definition) is 1. The van der Waals surface area contributed by atoms with Gasteiger partial charge in [-0.05, 0) is 26.1 Å². The molecule has 1 aliphatic rings. The Morgan fingerprint density at radius 3 is 2.38 bits per heavy atom. The minimum atomic E-state index is -5.16. The maximum Gasteiger partial charge on any atom is 0.434 e. The smallest absolute Gasteiger partial charge is 0.370 e. The lowest BCUT2D eigenvalue weighted by Gasteiger charge is -2.25. The summed E-state index contributed by atoms with van der Waals surface area (Å²) in [5.41, 5.74) is -3.54. The zero-order valence-electron chi connectivity index (χ0n) is 11.1. The van der Waals surface area contributed by atoms with Crippen LogP contribution in [0.5, 0.6) is 0 Å². The molecule has 2 heterocycles. The summed E-state index contributed by atoms with van der Waals surface area (Å²) in [4.78, 5) is 4.95. The lowest BCUT2D eigenvalue weighted by Crippen LogP contribution is -2.27. The Morgan fingerprint density at radius 2 is 1.81 bits per heavy atom. The number of nitrogens with one attached hydrogen (secondary N) is 1. The van der Waals surface area contributed by atoms with E-state index < -0.39 is 23.6 Å². The van der Waals surface area contributed by atoms with E-state index in [0.29, 0.717) is 25.6 Å². The molecule has 1 N–H and O–H groups in total. The quantitative estimate of drug-likeness (QED) is 0.744. The van der Waals surface area contributed by atoms with Crippen molar-refractivity contribution in [1.29, 1.82) is 0 Å². The highest BCUT2D eigenvalue weighted by atomic mass is 19.4. The maximum atomic E-state index is 12.9. The van der Waals surface area contributed by atoms with Gasteiger partial charge in [-0.15, -0.1) is 0 Å². The molecule has 0 atom stereocenters. The lowest BCUT2D eigenvalue weighted by molar-refractivity contribution is -0.164. The molecule has 118 valence electrons. The average Bonchev–Trinajstić information content (AvgIpc) is 2.30. The van der Waals surface area contributed by atoms with E-state index in [1.54, 1.807) is 11.9 Å². The molecule has 2 rings (SSSR count). The van der Waals surface area contributed by atoms with Crippen molar-refractivity contribution in [2.45, 2.75) is 25.3 Å². The van der Waals surface area contributed by atoms with Crippen molar-refractivity contribution in [3.8, 4) is 0 Å². The molecule has 3 nitrogen and oxygen atoms in total. The van der Waals surface area contributed by atoms with Gasteiger partial charge in [0.25, 0.3) is 0 Å². The van der Waals surface area contributed by atoms with Crippen LogP contribution in [-0.4, -0.2) is 30.0 Å². The normalized spacial score (nSPS) is 17.7. The summed E-state index contributed by atoms with van der Waals surface area (Å²) in [7, 11) is 1.69. The minimum absolute atomic E-state index is 0.108. The van der Waals surface area contributed by atoms with Crippen LogP contribution >= 0.6 is 0 Å². The van der Waals surface area contributed by atoms with Gasteiger partial charge in [0, 0.05) is 18.7 Å². The Balaban J connectivity index is 2.59. The number of nitrogens with zero attached hydrogens (tertiary/aromatic N) is 2. The molecule has 0 fully saturated rings. The fraction of sp³-hybridized carbons (Fsp3) is 0.583. The van der Waals surface area contributed by atoms with Crippen LogP contribution in [-0.2, 0) is 18.9 Å². The van der Waals surface area contributed by atoms with E-state index in [0.717, 1.165) is 0 Å². The molecule has 0 aromatic carbocycles. The van der Waals surface area contributed by atoms with Gasteiger partial charge in [0.05, 0.1) is 5.56 Å². The van der Waals surface area contributed by atoms with E-state index in [4.69, 9.17) is 0 Å². The first-order chi connectivity index (χ1) is 9.59. The number of aromatic nitrogens is 1. The van der Waals surface area contributed by atoms with Crippen molar-refractivity contribution in [3.05, 3.63) is 22.9 Å². The molecule has 21 heavy (non-hydrogen) atoms. The Labute approximate surface area is 117 Å². The highest BCUT2D eigenvalue weighted by Crippen LogP contribution is 2.41. The molecular weight excluding hydrogens is 300 g/mol. The second kappa shape index (κ2) is 5.36. The predicted octanol–water partition coefficient (Wildman–Crippen LogP) is 3.37. The van der Waals surface area contributed by atoms with Crippen LogP contribution in [0.1, 0.15) is 23.2 Å². The van der Waals surface area contributed by atoms with Gasteiger partial charge in [-0.25, -0.2) is 4.98 Å². The average molecular weight is 313 g/mol. The molecule has 0 radical (unpaired) electrons. The van der Waals surface area contributed by atoms with Crippen molar-refractivity contribution in [2.24, 2.45) is 0 Å². The van der Waals surface area contributed by atoms with Gasteiger partial charge in [0.1, 0.15) is 5.82 Å². The van der Waals surface area contributed by atoms with Gasteiger partial charge in [-0.3, -0.25) is 0 Å². The van der Waals surface area contributed by atoms with E-state index in [1.165, 1.54) is 0 Å². The minimum Gasteiger partial charge on any atom is -0.370 e. The lowest BCUT2D eigenvalue weighted by atomic mass is 10.1. The first-order valence-electron chi connectivity index (χ1n) is 6.20. The largest absolute Gasteiger partial charge is 0.434 e. The number of pyridine rings is 1. The number of rotatable bonds is 0. The molecule has 0 aliphatic carbocycles. The fourth-order valence-electron chi connectivity index (χ4n) is 2.19. The molecule has 0 bridgehead atoms. The van der Waals surface area contributed by atoms with Gasteiger partial charge >= 0.3 is 12.4 Å².